The summed E-state index contributed by atoms with van der Waals surface area (Å²) in [5.74, 6) is 1.81. The van der Waals surface area contributed by atoms with Gasteiger partial charge in [-0.1, -0.05) is 31.4 Å². The lowest BCUT2D eigenvalue weighted by Gasteiger charge is -2.12. The maximum atomic E-state index is 11.3. The molecular weight excluding hydrogens is 481 g/mol. The molecule has 0 radical (unpaired) electrons. The number of halogens is 1. The van der Waals surface area contributed by atoms with E-state index < -0.39 is 0 Å². The molecule has 0 atom stereocenters. The van der Waals surface area contributed by atoms with Crippen LogP contribution in [0.25, 0.3) is 0 Å². The Kier molecular flexibility index (Phi) is 13.5. The lowest BCUT2D eigenvalue weighted by Crippen LogP contribution is -2.38. The average Bonchev–Trinajstić information content (AvgIpc) is 3.16. The quantitative estimate of drug-likeness (QED) is 0.145. The number of esters is 1. The summed E-state index contributed by atoms with van der Waals surface area (Å²) in [6.07, 6.45) is 7.93. The summed E-state index contributed by atoms with van der Waals surface area (Å²) in [5, 5.41) is 6.75. The maximum absolute atomic E-state index is 11.3. The average molecular weight is 517 g/mol. The second-order valence-electron chi connectivity index (χ2n) is 7.04. The predicted octanol–water partition coefficient (Wildman–Crippen LogP) is 3.85. The van der Waals surface area contributed by atoms with Gasteiger partial charge in [0.05, 0.1) is 13.2 Å². The van der Waals surface area contributed by atoms with Crippen molar-refractivity contribution in [2.75, 3.05) is 33.4 Å². The molecule has 6 nitrogen and oxygen atoms in total. The molecule has 0 saturated carbocycles. The number of nitrogens with one attached hydrogen (secondary N) is 2. The van der Waals surface area contributed by atoms with Gasteiger partial charge in [0.25, 0.3) is 0 Å². The topological polar surface area (TPSA) is 72.0 Å². The number of carbonyl (C=O) groups is 1. The maximum Gasteiger partial charge on any atom is 0.305 e. The first kappa shape index (κ1) is 25.5. The number of ether oxygens (including phenoxy) is 2. The number of aliphatic imine (C=N–C) groups is 1. The molecule has 1 heterocycles. The van der Waals surface area contributed by atoms with Crippen LogP contribution < -0.4 is 15.4 Å². The normalized spacial score (nSPS) is 12.6. The smallest absolute Gasteiger partial charge is 0.305 e. The highest BCUT2D eigenvalue weighted by Gasteiger charge is 2.11. The Balaban J connectivity index is 0.00000420. The van der Waals surface area contributed by atoms with E-state index in [1.807, 2.05) is 6.92 Å². The van der Waals surface area contributed by atoms with Crippen molar-refractivity contribution in [1.82, 2.24) is 10.6 Å². The van der Waals surface area contributed by atoms with Crippen molar-refractivity contribution in [3.8, 4) is 5.75 Å². The van der Waals surface area contributed by atoms with Crippen molar-refractivity contribution >= 4 is 35.9 Å². The van der Waals surface area contributed by atoms with Gasteiger partial charge in [-0.3, -0.25) is 9.79 Å². The van der Waals surface area contributed by atoms with Gasteiger partial charge in [-0.15, -0.1) is 24.0 Å². The molecule has 1 aromatic carbocycles. The lowest BCUT2D eigenvalue weighted by atomic mass is 10.1. The Morgan fingerprint density at radius 2 is 1.90 bits per heavy atom. The molecule has 0 unspecified atom stereocenters. The molecule has 0 fully saturated rings. The van der Waals surface area contributed by atoms with E-state index in [1.165, 1.54) is 11.1 Å². The fourth-order valence-electron chi connectivity index (χ4n) is 3.31. The number of guanidine groups is 1. The standard InChI is InChI=1S/C22H35N3O3.HI/c1-3-27-21(26)9-7-5-4-6-8-14-24-22(23-2)25-15-12-18-10-11-20-19(17-18)13-16-28-20;/h10-11,17H,3-9,12-16H2,1-2H3,(H2,23,24,25);1H. The van der Waals surface area contributed by atoms with E-state index in [4.69, 9.17) is 9.47 Å². The molecular formula is C22H36IN3O3. The molecule has 0 aliphatic carbocycles. The minimum absolute atomic E-state index is 0. The number of hydrogen-bond donors (Lipinski definition) is 2. The molecule has 2 rings (SSSR count). The van der Waals surface area contributed by atoms with Crippen LogP contribution in [0.15, 0.2) is 23.2 Å². The fourth-order valence-corrected chi connectivity index (χ4v) is 3.31. The largest absolute Gasteiger partial charge is 0.493 e. The van der Waals surface area contributed by atoms with E-state index >= 15 is 0 Å². The highest BCUT2D eigenvalue weighted by Crippen LogP contribution is 2.25. The Morgan fingerprint density at radius 1 is 1.14 bits per heavy atom. The fraction of sp³-hybridized carbons (Fsp3) is 0.636. The summed E-state index contributed by atoms with van der Waals surface area (Å²) < 4.78 is 10.5. The highest BCUT2D eigenvalue weighted by molar-refractivity contribution is 14.0. The van der Waals surface area contributed by atoms with Gasteiger partial charge in [0.15, 0.2) is 5.96 Å². The summed E-state index contributed by atoms with van der Waals surface area (Å²) in [6, 6.07) is 6.48. The van der Waals surface area contributed by atoms with E-state index in [0.717, 1.165) is 76.4 Å². The van der Waals surface area contributed by atoms with E-state index in [-0.39, 0.29) is 29.9 Å². The van der Waals surface area contributed by atoms with E-state index in [1.54, 1.807) is 7.05 Å². The summed E-state index contributed by atoms with van der Waals surface area (Å²) in [6.45, 7) is 4.89. The molecule has 164 valence electrons. The summed E-state index contributed by atoms with van der Waals surface area (Å²) in [4.78, 5) is 15.5. The number of hydrogen-bond acceptors (Lipinski definition) is 4. The van der Waals surface area contributed by atoms with Gasteiger partial charge in [-0.25, -0.2) is 0 Å². The first-order valence-electron chi connectivity index (χ1n) is 10.6. The molecule has 0 aromatic heterocycles. The van der Waals surface area contributed by atoms with Crippen molar-refractivity contribution in [1.29, 1.82) is 0 Å². The molecule has 0 saturated heterocycles. The second kappa shape index (κ2) is 15.3. The first-order valence-corrected chi connectivity index (χ1v) is 10.6. The zero-order valence-electron chi connectivity index (χ0n) is 17.8. The Bertz CT molecular complexity index is 638. The van der Waals surface area contributed by atoms with Crippen LogP contribution in [0.4, 0.5) is 0 Å². The Morgan fingerprint density at radius 3 is 2.69 bits per heavy atom. The van der Waals surface area contributed by atoms with Crippen LogP contribution in [0, 0.1) is 0 Å². The van der Waals surface area contributed by atoms with Crippen molar-refractivity contribution in [2.45, 2.75) is 58.3 Å². The Labute approximate surface area is 192 Å². The number of rotatable bonds is 12. The first-order chi connectivity index (χ1) is 13.7. The van der Waals surface area contributed by atoms with Crippen LogP contribution in [0.3, 0.4) is 0 Å². The summed E-state index contributed by atoms with van der Waals surface area (Å²) >= 11 is 0. The van der Waals surface area contributed by atoms with Crippen molar-refractivity contribution in [3.05, 3.63) is 29.3 Å². The van der Waals surface area contributed by atoms with Gasteiger partial charge in [0.1, 0.15) is 5.75 Å². The third kappa shape index (κ3) is 10.2. The summed E-state index contributed by atoms with van der Waals surface area (Å²) in [7, 11) is 1.80. The monoisotopic (exact) mass is 517 g/mol. The number of benzene rings is 1. The van der Waals surface area contributed by atoms with Crippen LogP contribution in [-0.4, -0.2) is 45.3 Å². The SMILES string of the molecule is CCOC(=O)CCCCCCCNC(=NC)NCCc1ccc2c(c1)CCO2.I. The molecule has 0 bridgehead atoms. The number of fused-ring (bicyclic) bond motifs is 1. The van der Waals surface area contributed by atoms with Gasteiger partial charge in [0, 0.05) is 33.0 Å². The zero-order valence-corrected chi connectivity index (χ0v) is 20.1. The van der Waals surface area contributed by atoms with Crippen LogP contribution in [0.1, 0.15) is 56.6 Å². The molecule has 1 aliphatic rings. The van der Waals surface area contributed by atoms with Gasteiger partial charge in [-0.2, -0.15) is 0 Å². The Hall–Kier alpha value is -1.51. The molecule has 1 aliphatic heterocycles. The number of unbranched alkanes of at least 4 members (excludes halogenated alkanes) is 4. The molecule has 7 heteroatoms. The minimum atomic E-state index is -0.0766. The molecule has 2 N–H and O–H groups in total. The van der Waals surface area contributed by atoms with Crippen molar-refractivity contribution < 1.29 is 14.3 Å². The summed E-state index contributed by atoms with van der Waals surface area (Å²) in [5.41, 5.74) is 2.65. The molecule has 1 aromatic rings. The molecule has 0 spiro atoms. The van der Waals surface area contributed by atoms with Gasteiger partial charge in [0.2, 0.25) is 0 Å². The van der Waals surface area contributed by atoms with Crippen LogP contribution >= 0.6 is 24.0 Å². The zero-order chi connectivity index (χ0) is 20.0. The van der Waals surface area contributed by atoms with Crippen LogP contribution in [0.5, 0.6) is 5.75 Å². The molecule has 0 amide bonds. The van der Waals surface area contributed by atoms with E-state index in [2.05, 4.69) is 33.8 Å². The van der Waals surface area contributed by atoms with E-state index in [0.29, 0.717) is 13.0 Å². The molecule has 29 heavy (non-hydrogen) atoms. The van der Waals surface area contributed by atoms with Crippen molar-refractivity contribution in [3.63, 3.8) is 0 Å². The van der Waals surface area contributed by atoms with Gasteiger partial charge < -0.3 is 20.1 Å². The second-order valence-corrected chi connectivity index (χ2v) is 7.04. The lowest BCUT2D eigenvalue weighted by molar-refractivity contribution is -0.143. The van der Waals surface area contributed by atoms with Gasteiger partial charge in [-0.05, 0) is 43.4 Å². The predicted molar refractivity (Wildman–Crippen MR) is 128 cm³/mol. The van der Waals surface area contributed by atoms with Crippen molar-refractivity contribution in [2.24, 2.45) is 4.99 Å². The van der Waals surface area contributed by atoms with Gasteiger partial charge >= 0.3 is 5.97 Å². The third-order valence-corrected chi connectivity index (χ3v) is 4.84. The minimum Gasteiger partial charge on any atom is -0.493 e. The number of carbonyl (C=O) groups excluding carboxylic acids is 1. The van der Waals surface area contributed by atoms with Crippen LogP contribution in [-0.2, 0) is 22.4 Å². The highest BCUT2D eigenvalue weighted by atomic mass is 127. The van der Waals surface area contributed by atoms with Crippen LogP contribution in [0.2, 0.25) is 0 Å². The third-order valence-electron chi connectivity index (χ3n) is 4.84. The number of nitrogens with zero attached hydrogens (tertiary/aromatic N) is 1. The van der Waals surface area contributed by atoms with E-state index in [9.17, 15) is 4.79 Å².